The van der Waals surface area contributed by atoms with Crippen molar-refractivity contribution in [1.29, 1.82) is 0 Å². The number of nitrogens with zero attached hydrogens (tertiary/aromatic N) is 4. The topological polar surface area (TPSA) is 92.2 Å². The van der Waals surface area contributed by atoms with Gasteiger partial charge >= 0.3 is 5.69 Å². The van der Waals surface area contributed by atoms with Crippen molar-refractivity contribution in [2.24, 2.45) is 0 Å². The van der Waals surface area contributed by atoms with Gasteiger partial charge in [-0.05, 0) is 31.4 Å². The van der Waals surface area contributed by atoms with E-state index < -0.39 is 5.56 Å². The first-order valence-corrected chi connectivity index (χ1v) is 9.50. The van der Waals surface area contributed by atoms with Gasteiger partial charge in [-0.3, -0.25) is 13.9 Å². The zero-order chi connectivity index (χ0) is 19.5. The molecule has 0 N–H and O–H groups in total. The van der Waals surface area contributed by atoms with Gasteiger partial charge in [-0.2, -0.15) is 4.98 Å². The summed E-state index contributed by atoms with van der Waals surface area (Å²) >= 11 is 0. The van der Waals surface area contributed by atoms with Crippen LogP contribution in [0, 0.1) is 6.92 Å². The Kier molecular flexibility index (Phi) is 5.10. The molecule has 1 aromatic carbocycles. The van der Waals surface area contributed by atoms with Gasteiger partial charge in [0, 0.05) is 19.2 Å². The van der Waals surface area contributed by atoms with Crippen molar-refractivity contribution < 1.29 is 9.26 Å². The second-order valence-electron chi connectivity index (χ2n) is 6.82. The number of ether oxygens (including phenoxy) is 1. The van der Waals surface area contributed by atoms with Gasteiger partial charge in [0.05, 0.1) is 6.54 Å². The predicted molar refractivity (Wildman–Crippen MR) is 102 cm³/mol. The van der Waals surface area contributed by atoms with E-state index in [1.807, 2.05) is 30.3 Å². The lowest BCUT2D eigenvalue weighted by molar-refractivity contribution is 0.291. The molecule has 0 bridgehead atoms. The molecule has 28 heavy (non-hydrogen) atoms. The number of fused-ring (bicyclic) bond motifs is 1. The summed E-state index contributed by atoms with van der Waals surface area (Å²) in [5.74, 6) is 1.32. The van der Waals surface area contributed by atoms with E-state index in [0.29, 0.717) is 35.9 Å². The number of para-hydroxylation sites is 1. The van der Waals surface area contributed by atoms with E-state index in [-0.39, 0.29) is 24.7 Å². The van der Waals surface area contributed by atoms with Gasteiger partial charge in [-0.25, -0.2) is 4.79 Å². The largest absolute Gasteiger partial charge is 0.492 e. The molecule has 0 fully saturated rings. The zero-order valence-electron chi connectivity index (χ0n) is 15.8. The molecule has 2 aromatic heterocycles. The van der Waals surface area contributed by atoms with Crippen LogP contribution in [0.1, 0.15) is 30.8 Å². The number of aromatic nitrogens is 4. The Bertz CT molecular complexity index is 1080. The average Bonchev–Trinajstić information content (AvgIpc) is 2.97. The molecular formula is C20H22N4O4. The summed E-state index contributed by atoms with van der Waals surface area (Å²) < 4.78 is 13.7. The molecule has 8 nitrogen and oxygen atoms in total. The van der Waals surface area contributed by atoms with Crippen LogP contribution in [0.4, 0.5) is 0 Å². The van der Waals surface area contributed by atoms with Gasteiger partial charge in [0.25, 0.3) is 5.56 Å². The van der Waals surface area contributed by atoms with Crippen LogP contribution in [0.25, 0.3) is 11.4 Å². The average molecular weight is 382 g/mol. The highest BCUT2D eigenvalue weighted by Crippen LogP contribution is 2.21. The molecule has 4 rings (SSSR count). The Morgan fingerprint density at radius 1 is 1.14 bits per heavy atom. The Balaban J connectivity index is 1.75. The summed E-state index contributed by atoms with van der Waals surface area (Å²) in [6.07, 6.45) is 3.48. The summed E-state index contributed by atoms with van der Waals surface area (Å²) in [5.41, 5.74) is 0.365. The van der Waals surface area contributed by atoms with Gasteiger partial charge in [0.1, 0.15) is 17.9 Å². The SMILES string of the molecule is Cc1nc(-c2c3n(c(=O)n(CCOc4ccccc4)c2=O)CCCCC3)no1. The lowest BCUT2D eigenvalue weighted by Crippen LogP contribution is -2.43. The van der Waals surface area contributed by atoms with E-state index in [2.05, 4.69) is 10.1 Å². The highest BCUT2D eigenvalue weighted by Gasteiger charge is 2.24. The quantitative estimate of drug-likeness (QED) is 0.672. The molecule has 0 atom stereocenters. The van der Waals surface area contributed by atoms with Crippen LogP contribution in [0.15, 0.2) is 44.4 Å². The van der Waals surface area contributed by atoms with Crippen LogP contribution in [-0.2, 0) is 19.5 Å². The maximum atomic E-state index is 13.2. The van der Waals surface area contributed by atoms with Crippen LogP contribution < -0.4 is 16.0 Å². The predicted octanol–water partition coefficient (Wildman–Crippen LogP) is 2.17. The van der Waals surface area contributed by atoms with E-state index >= 15 is 0 Å². The Morgan fingerprint density at radius 2 is 1.96 bits per heavy atom. The van der Waals surface area contributed by atoms with Crippen LogP contribution in [0.5, 0.6) is 5.75 Å². The summed E-state index contributed by atoms with van der Waals surface area (Å²) in [4.78, 5) is 30.5. The van der Waals surface area contributed by atoms with E-state index in [9.17, 15) is 9.59 Å². The molecule has 0 spiro atoms. The van der Waals surface area contributed by atoms with Gasteiger partial charge in [0.15, 0.2) is 0 Å². The number of hydrogen-bond acceptors (Lipinski definition) is 6. The molecule has 8 heteroatoms. The molecule has 1 aliphatic heterocycles. The molecule has 0 saturated carbocycles. The lowest BCUT2D eigenvalue weighted by Gasteiger charge is -2.16. The first-order valence-electron chi connectivity index (χ1n) is 9.50. The highest BCUT2D eigenvalue weighted by molar-refractivity contribution is 5.56. The minimum Gasteiger partial charge on any atom is -0.492 e. The minimum atomic E-state index is -0.393. The second-order valence-corrected chi connectivity index (χ2v) is 6.82. The number of hydrogen-bond donors (Lipinski definition) is 0. The molecular weight excluding hydrogens is 360 g/mol. The Labute approximate surface area is 161 Å². The maximum absolute atomic E-state index is 13.2. The number of benzene rings is 1. The van der Waals surface area contributed by atoms with Crippen molar-refractivity contribution in [2.45, 2.75) is 45.7 Å². The molecule has 0 unspecified atom stereocenters. The van der Waals surface area contributed by atoms with Crippen molar-refractivity contribution in [3.8, 4) is 17.1 Å². The summed E-state index contributed by atoms with van der Waals surface area (Å²) in [6, 6.07) is 9.31. The molecule has 0 aliphatic carbocycles. The molecule has 0 amide bonds. The van der Waals surface area contributed by atoms with Gasteiger partial charge in [-0.1, -0.05) is 29.8 Å². The Hall–Kier alpha value is -3.16. The second kappa shape index (κ2) is 7.84. The monoisotopic (exact) mass is 382 g/mol. The van der Waals surface area contributed by atoms with Crippen molar-refractivity contribution in [3.05, 3.63) is 62.8 Å². The molecule has 0 radical (unpaired) electrons. The maximum Gasteiger partial charge on any atom is 0.331 e. The van der Waals surface area contributed by atoms with Crippen molar-refractivity contribution >= 4 is 0 Å². The third-order valence-corrected chi connectivity index (χ3v) is 4.91. The molecule has 3 aromatic rings. The van der Waals surface area contributed by atoms with E-state index in [0.717, 1.165) is 19.3 Å². The normalized spacial score (nSPS) is 13.8. The summed E-state index contributed by atoms with van der Waals surface area (Å²) in [6.45, 7) is 2.62. The van der Waals surface area contributed by atoms with Crippen LogP contribution in [0.3, 0.4) is 0 Å². The zero-order valence-corrected chi connectivity index (χ0v) is 15.8. The molecule has 3 heterocycles. The fourth-order valence-electron chi connectivity index (χ4n) is 3.57. The van der Waals surface area contributed by atoms with Crippen LogP contribution in [-0.4, -0.2) is 25.9 Å². The van der Waals surface area contributed by atoms with Crippen molar-refractivity contribution in [1.82, 2.24) is 19.3 Å². The standard InChI is InChI=1S/C20H22N4O4/c1-14-21-18(22-28-14)17-16-10-6-3-7-11-23(16)20(26)24(19(17)25)12-13-27-15-8-4-2-5-9-15/h2,4-5,8-9H,3,6-7,10-13H2,1H3. The first-order chi connectivity index (χ1) is 13.6. The molecule has 0 saturated heterocycles. The van der Waals surface area contributed by atoms with Crippen molar-refractivity contribution in [3.63, 3.8) is 0 Å². The van der Waals surface area contributed by atoms with Gasteiger partial charge in [0.2, 0.25) is 11.7 Å². The lowest BCUT2D eigenvalue weighted by atomic mass is 10.1. The summed E-state index contributed by atoms with van der Waals surface area (Å²) in [5, 5.41) is 3.94. The third kappa shape index (κ3) is 3.49. The van der Waals surface area contributed by atoms with Crippen LogP contribution >= 0.6 is 0 Å². The summed E-state index contributed by atoms with van der Waals surface area (Å²) in [7, 11) is 0. The fourth-order valence-corrected chi connectivity index (χ4v) is 3.57. The van der Waals surface area contributed by atoms with Crippen LogP contribution in [0.2, 0.25) is 0 Å². The molecule has 1 aliphatic rings. The smallest absolute Gasteiger partial charge is 0.331 e. The number of aryl methyl sites for hydroxylation is 1. The highest BCUT2D eigenvalue weighted by atomic mass is 16.5. The van der Waals surface area contributed by atoms with Gasteiger partial charge in [-0.15, -0.1) is 0 Å². The third-order valence-electron chi connectivity index (χ3n) is 4.91. The molecule has 146 valence electrons. The van der Waals surface area contributed by atoms with E-state index in [1.165, 1.54) is 4.57 Å². The fraction of sp³-hybridized carbons (Fsp3) is 0.400. The Morgan fingerprint density at radius 3 is 2.71 bits per heavy atom. The van der Waals surface area contributed by atoms with Gasteiger partial charge < -0.3 is 9.26 Å². The van der Waals surface area contributed by atoms with Crippen molar-refractivity contribution in [2.75, 3.05) is 6.61 Å². The van der Waals surface area contributed by atoms with E-state index in [1.54, 1.807) is 11.5 Å². The van der Waals surface area contributed by atoms with E-state index in [4.69, 9.17) is 9.26 Å². The first kappa shape index (κ1) is 18.2. The minimum absolute atomic E-state index is 0.149. The number of rotatable bonds is 5.